The summed E-state index contributed by atoms with van der Waals surface area (Å²) in [6.07, 6.45) is 4.70. The Kier molecular flexibility index (Phi) is 2.75. The van der Waals surface area contributed by atoms with Crippen LogP contribution >= 0.6 is 0 Å². The Hall–Kier alpha value is -0.990. The topological polar surface area (TPSA) is 29.9 Å². The Labute approximate surface area is 85.5 Å². The fourth-order valence-corrected chi connectivity index (χ4v) is 2.15. The van der Waals surface area contributed by atoms with E-state index in [0.29, 0.717) is 0 Å². The normalized spacial score (nSPS) is 15.0. The molecule has 0 fully saturated rings. The molecule has 1 aromatic heterocycles. The Morgan fingerprint density at radius 3 is 3.00 bits per heavy atom. The second-order valence-electron chi connectivity index (χ2n) is 3.86. The highest BCUT2D eigenvalue weighted by atomic mass is 15.3. The number of aryl methyl sites for hydroxylation is 2. The summed E-state index contributed by atoms with van der Waals surface area (Å²) in [5.74, 6) is 0. The molecular formula is C11H19N3. The smallest absolute Gasteiger partial charge is 0.0858 e. The minimum absolute atomic E-state index is 0.994. The second-order valence-corrected chi connectivity index (χ2v) is 3.86. The van der Waals surface area contributed by atoms with E-state index in [0.717, 1.165) is 19.5 Å². The van der Waals surface area contributed by atoms with Gasteiger partial charge in [-0.15, -0.1) is 0 Å². The Morgan fingerprint density at radius 2 is 2.29 bits per heavy atom. The Bertz CT molecular complexity index is 315. The summed E-state index contributed by atoms with van der Waals surface area (Å²) in [5.41, 5.74) is 4.02. The van der Waals surface area contributed by atoms with Gasteiger partial charge in [-0.2, -0.15) is 5.10 Å². The first-order valence-corrected chi connectivity index (χ1v) is 5.69. The van der Waals surface area contributed by atoms with Crippen molar-refractivity contribution in [3.63, 3.8) is 0 Å². The van der Waals surface area contributed by atoms with E-state index < -0.39 is 0 Å². The van der Waals surface area contributed by atoms with E-state index in [-0.39, 0.29) is 0 Å². The highest BCUT2D eigenvalue weighted by Gasteiger charge is 2.18. The molecule has 0 saturated heterocycles. The number of hydrogen-bond acceptors (Lipinski definition) is 2. The van der Waals surface area contributed by atoms with Gasteiger partial charge in [-0.3, -0.25) is 4.68 Å². The van der Waals surface area contributed by atoms with Crippen LogP contribution in [0.5, 0.6) is 0 Å². The summed E-state index contributed by atoms with van der Waals surface area (Å²) in [7, 11) is 0. The van der Waals surface area contributed by atoms with Crippen molar-refractivity contribution in [1.29, 1.82) is 0 Å². The zero-order valence-electron chi connectivity index (χ0n) is 9.14. The third-order valence-corrected chi connectivity index (χ3v) is 2.81. The van der Waals surface area contributed by atoms with Crippen molar-refractivity contribution in [3.05, 3.63) is 11.4 Å². The van der Waals surface area contributed by atoms with E-state index in [9.17, 15) is 0 Å². The molecule has 0 bridgehead atoms. The van der Waals surface area contributed by atoms with Gasteiger partial charge in [-0.05, 0) is 26.2 Å². The number of rotatable bonds is 3. The average molecular weight is 193 g/mol. The van der Waals surface area contributed by atoms with E-state index in [2.05, 4.69) is 28.9 Å². The fourth-order valence-electron chi connectivity index (χ4n) is 2.15. The minimum Gasteiger partial charge on any atom is -0.382 e. The van der Waals surface area contributed by atoms with Gasteiger partial charge in [0.05, 0.1) is 17.1 Å². The average Bonchev–Trinajstić information content (AvgIpc) is 2.58. The highest BCUT2D eigenvalue weighted by Crippen LogP contribution is 2.26. The van der Waals surface area contributed by atoms with Gasteiger partial charge >= 0.3 is 0 Å². The van der Waals surface area contributed by atoms with Gasteiger partial charge in [-0.25, -0.2) is 0 Å². The first kappa shape index (κ1) is 9.56. The van der Waals surface area contributed by atoms with Crippen molar-refractivity contribution in [1.82, 2.24) is 9.78 Å². The molecule has 0 saturated carbocycles. The van der Waals surface area contributed by atoms with Crippen molar-refractivity contribution >= 4 is 5.69 Å². The number of hydrogen-bond donors (Lipinski definition) is 1. The number of nitrogens with one attached hydrogen (secondary N) is 1. The van der Waals surface area contributed by atoms with Crippen LogP contribution in [0.1, 0.15) is 38.1 Å². The molecule has 0 radical (unpaired) electrons. The van der Waals surface area contributed by atoms with Crippen LogP contribution in [0, 0.1) is 0 Å². The van der Waals surface area contributed by atoms with Crippen molar-refractivity contribution in [2.24, 2.45) is 0 Å². The molecule has 0 aliphatic carbocycles. The van der Waals surface area contributed by atoms with Crippen molar-refractivity contribution < 1.29 is 0 Å². The zero-order valence-corrected chi connectivity index (χ0v) is 9.14. The lowest BCUT2D eigenvalue weighted by atomic mass is 10.1. The number of nitrogens with zero attached hydrogens (tertiary/aromatic N) is 2. The molecule has 2 rings (SSSR count). The molecule has 2 heterocycles. The Balaban J connectivity index is 2.36. The summed E-state index contributed by atoms with van der Waals surface area (Å²) in [5, 5.41) is 8.14. The van der Waals surface area contributed by atoms with Crippen LogP contribution < -0.4 is 5.32 Å². The van der Waals surface area contributed by atoms with Crippen LogP contribution in [0.15, 0.2) is 0 Å². The van der Waals surface area contributed by atoms with Gasteiger partial charge in [0.25, 0.3) is 0 Å². The first-order valence-electron chi connectivity index (χ1n) is 5.69. The molecule has 1 aliphatic heterocycles. The highest BCUT2D eigenvalue weighted by molar-refractivity contribution is 5.54. The van der Waals surface area contributed by atoms with Crippen molar-refractivity contribution in [2.75, 3.05) is 11.9 Å². The molecule has 0 aromatic carbocycles. The summed E-state index contributed by atoms with van der Waals surface area (Å²) in [6.45, 7) is 6.48. The van der Waals surface area contributed by atoms with Gasteiger partial charge < -0.3 is 5.32 Å². The van der Waals surface area contributed by atoms with E-state index in [1.807, 2.05) is 0 Å². The number of anilines is 1. The molecule has 3 heteroatoms. The third-order valence-electron chi connectivity index (χ3n) is 2.81. The summed E-state index contributed by atoms with van der Waals surface area (Å²) < 4.78 is 2.16. The molecule has 1 aromatic rings. The molecule has 78 valence electrons. The number of fused-ring (bicyclic) bond motifs is 1. The summed E-state index contributed by atoms with van der Waals surface area (Å²) >= 11 is 0. The van der Waals surface area contributed by atoms with Gasteiger partial charge in [0, 0.05) is 13.1 Å². The van der Waals surface area contributed by atoms with Crippen LogP contribution in [0.4, 0.5) is 5.69 Å². The zero-order chi connectivity index (χ0) is 9.97. The predicted octanol–water partition coefficient (Wildman–Crippen LogP) is 2.21. The van der Waals surface area contributed by atoms with Crippen LogP contribution in [0.3, 0.4) is 0 Å². The van der Waals surface area contributed by atoms with Gasteiger partial charge in [0.1, 0.15) is 0 Å². The molecule has 3 nitrogen and oxygen atoms in total. The Morgan fingerprint density at radius 1 is 1.43 bits per heavy atom. The molecule has 0 atom stereocenters. The maximum Gasteiger partial charge on any atom is 0.0858 e. The summed E-state index contributed by atoms with van der Waals surface area (Å²) in [6, 6.07) is 0. The molecule has 14 heavy (non-hydrogen) atoms. The first-order chi connectivity index (χ1) is 6.86. The molecule has 0 amide bonds. The maximum atomic E-state index is 4.65. The number of aromatic nitrogens is 2. The quantitative estimate of drug-likeness (QED) is 0.797. The standard InChI is InChI=1S/C11H19N3/c1-3-6-9-11-10(7-5-8-12-11)14(4-2)13-9/h12H,3-8H2,1-2H3. The second kappa shape index (κ2) is 4.03. The molecular weight excluding hydrogens is 174 g/mol. The van der Waals surface area contributed by atoms with Crippen LogP contribution in [0.25, 0.3) is 0 Å². The molecule has 1 N–H and O–H groups in total. The van der Waals surface area contributed by atoms with E-state index in [1.54, 1.807) is 0 Å². The monoisotopic (exact) mass is 193 g/mol. The largest absolute Gasteiger partial charge is 0.382 e. The fraction of sp³-hybridized carbons (Fsp3) is 0.727. The molecule has 1 aliphatic rings. The maximum absolute atomic E-state index is 4.65. The van der Waals surface area contributed by atoms with E-state index in [4.69, 9.17) is 0 Å². The lowest BCUT2D eigenvalue weighted by Gasteiger charge is -2.15. The van der Waals surface area contributed by atoms with Crippen molar-refractivity contribution in [3.8, 4) is 0 Å². The SMILES string of the molecule is CCCc1nn(CC)c2c1NCCC2. The van der Waals surface area contributed by atoms with Crippen LogP contribution in [0.2, 0.25) is 0 Å². The minimum atomic E-state index is 0.994. The third kappa shape index (κ3) is 1.51. The van der Waals surface area contributed by atoms with Crippen LogP contribution in [-0.4, -0.2) is 16.3 Å². The molecule has 0 spiro atoms. The van der Waals surface area contributed by atoms with Gasteiger partial charge in [0.15, 0.2) is 0 Å². The lowest BCUT2D eigenvalue weighted by Crippen LogP contribution is -2.14. The summed E-state index contributed by atoms with van der Waals surface area (Å²) in [4.78, 5) is 0. The van der Waals surface area contributed by atoms with Gasteiger partial charge in [0.2, 0.25) is 0 Å². The van der Waals surface area contributed by atoms with E-state index in [1.165, 1.54) is 36.3 Å². The van der Waals surface area contributed by atoms with Crippen molar-refractivity contribution in [2.45, 2.75) is 46.1 Å². The van der Waals surface area contributed by atoms with E-state index >= 15 is 0 Å². The van der Waals surface area contributed by atoms with Crippen LogP contribution in [-0.2, 0) is 19.4 Å². The predicted molar refractivity (Wildman–Crippen MR) is 58.7 cm³/mol. The molecule has 0 unspecified atom stereocenters. The van der Waals surface area contributed by atoms with Gasteiger partial charge in [-0.1, -0.05) is 13.3 Å². The lowest BCUT2D eigenvalue weighted by molar-refractivity contribution is 0.601.